The third kappa shape index (κ3) is 5.27. The molecule has 0 saturated heterocycles. The van der Waals surface area contributed by atoms with Crippen molar-refractivity contribution in [2.75, 3.05) is 25.5 Å². The first kappa shape index (κ1) is 16.0. The second-order valence-corrected chi connectivity index (χ2v) is 4.39. The number of rotatable bonds is 6. The van der Waals surface area contributed by atoms with Gasteiger partial charge < -0.3 is 21.3 Å². The normalized spacial score (nSPS) is 11.6. The Kier molecular flexibility index (Phi) is 6.52. The number of hydrogen-bond acceptors (Lipinski definition) is 3. The van der Waals surface area contributed by atoms with Crippen molar-refractivity contribution < 1.29 is 9.59 Å². The highest BCUT2D eigenvalue weighted by Gasteiger charge is 2.07. The molecule has 0 aliphatic carbocycles. The first-order valence-electron chi connectivity index (χ1n) is 6.65. The molecule has 4 N–H and O–H groups in total. The summed E-state index contributed by atoms with van der Waals surface area (Å²) in [6, 6.07) is 7.42. The lowest BCUT2D eigenvalue weighted by atomic mass is 10.1. The molecule has 0 saturated carbocycles. The van der Waals surface area contributed by atoms with Crippen LogP contribution in [-0.2, 0) is 4.79 Å². The molecule has 0 heterocycles. The number of likely N-dealkylation sites (N-methyl/N-ethyl adjacent to an activating group) is 1. The number of carbonyl (C=O) groups excluding carboxylic acids is 2. The molecule has 0 fully saturated rings. The predicted molar refractivity (Wildman–Crippen MR) is 79.6 cm³/mol. The van der Waals surface area contributed by atoms with Gasteiger partial charge in [0, 0.05) is 18.8 Å². The number of hydrogen-bond donors (Lipinski definition) is 4. The monoisotopic (exact) mass is 278 g/mol. The number of anilines is 1. The summed E-state index contributed by atoms with van der Waals surface area (Å²) in [7, 11) is 1.52. The van der Waals surface area contributed by atoms with Crippen LogP contribution in [0.1, 0.15) is 25.5 Å². The van der Waals surface area contributed by atoms with E-state index in [0.717, 1.165) is 12.1 Å². The quantitative estimate of drug-likeness (QED) is 0.631. The van der Waals surface area contributed by atoms with Crippen LogP contribution in [0.3, 0.4) is 0 Å². The number of nitrogens with one attached hydrogen (secondary N) is 4. The lowest BCUT2D eigenvalue weighted by Crippen LogP contribution is -2.37. The van der Waals surface area contributed by atoms with Crippen molar-refractivity contribution in [1.29, 1.82) is 0 Å². The average Bonchev–Trinajstić information content (AvgIpc) is 2.45. The molecule has 0 aromatic heterocycles. The van der Waals surface area contributed by atoms with Crippen LogP contribution >= 0.6 is 0 Å². The maximum atomic E-state index is 11.6. The van der Waals surface area contributed by atoms with Gasteiger partial charge in [-0.1, -0.05) is 19.1 Å². The van der Waals surface area contributed by atoms with Gasteiger partial charge in [-0.05, 0) is 31.2 Å². The standard InChI is InChI=1S/C14H22N4O2/c1-4-16-10(2)11-6-5-7-12(8-11)18-14(20)17-9-13(19)15-3/h5-8,10,16H,4,9H2,1-3H3,(H,15,19)(H2,17,18,20). The van der Waals surface area contributed by atoms with Gasteiger partial charge in [-0.25, -0.2) is 4.79 Å². The highest BCUT2D eigenvalue weighted by atomic mass is 16.2. The van der Waals surface area contributed by atoms with Crippen LogP contribution < -0.4 is 21.3 Å². The second-order valence-electron chi connectivity index (χ2n) is 4.39. The summed E-state index contributed by atoms with van der Waals surface area (Å²) in [4.78, 5) is 22.6. The number of amides is 3. The summed E-state index contributed by atoms with van der Waals surface area (Å²) >= 11 is 0. The van der Waals surface area contributed by atoms with E-state index in [9.17, 15) is 9.59 Å². The molecule has 3 amide bonds. The Hall–Kier alpha value is -2.08. The SMILES string of the molecule is CCNC(C)c1cccc(NC(=O)NCC(=O)NC)c1. The molecule has 1 aromatic rings. The summed E-state index contributed by atoms with van der Waals surface area (Å²) in [5.74, 6) is -0.241. The first-order valence-corrected chi connectivity index (χ1v) is 6.65. The fourth-order valence-corrected chi connectivity index (χ4v) is 1.73. The summed E-state index contributed by atoms with van der Waals surface area (Å²) in [5.41, 5.74) is 1.79. The molecule has 0 aliphatic heterocycles. The van der Waals surface area contributed by atoms with Gasteiger partial charge in [0.1, 0.15) is 0 Å². The van der Waals surface area contributed by atoms with Crippen LogP contribution in [-0.4, -0.2) is 32.1 Å². The molecule has 0 spiro atoms. The van der Waals surface area contributed by atoms with E-state index in [1.807, 2.05) is 31.2 Å². The molecule has 1 rings (SSSR count). The summed E-state index contributed by atoms with van der Waals surface area (Å²) in [6.07, 6.45) is 0. The van der Waals surface area contributed by atoms with E-state index in [2.05, 4.69) is 28.2 Å². The highest BCUT2D eigenvalue weighted by Crippen LogP contribution is 2.17. The smallest absolute Gasteiger partial charge is 0.319 e. The van der Waals surface area contributed by atoms with E-state index >= 15 is 0 Å². The van der Waals surface area contributed by atoms with E-state index in [1.165, 1.54) is 7.05 Å². The minimum absolute atomic E-state index is 0.0458. The van der Waals surface area contributed by atoms with Gasteiger partial charge in [-0.15, -0.1) is 0 Å². The minimum Gasteiger partial charge on any atom is -0.358 e. The lowest BCUT2D eigenvalue weighted by molar-refractivity contribution is -0.119. The van der Waals surface area contributed by atoms with Crippen LogP contribution in [0, 0.1) is 0 Å². The van der Waals surface area contributed by atoms with Gasteiger partial charge >= 0.3 is 6.03 Å². The predicted octanol–water partition coefficient (Wildman–Crippen LogP) is 1.22. The molecule has 6 nitrogen and oxygen atoms in total. The molecule has 110 valence electrons. The van der Waals surface area contributed by atoms with E-state index in [-0.39, 0.29) is 18.5 Å². The van der Waals surface area contributed by atoms with E-state index in [1.54, 1.807) is 0 Å². The van der Waals surface area contributed by atoms with Gasteiger partial charge in [0.2, 0.25) is 5.91 Å². The zero-order valence-electron chi connectivity index (χ0n) is 12.1. The van der Waals surface area contributed by atoms with Crippen molar-refractivity contribution in [1.82, 2.24) is 16.0 Å². The van der Waals surface area contributed by atoms with Gasteiger partial charge in [0.25, 0.3) is 0 Å². The van der Waals surface area contributed by atoms with E-state index in [0.29, 0.717) is 5.69 Å². The third-order valence-electron chi connectivity index (χ3n) is 2.84. The molecular formula is C14H22N4O2. The highest BCUT2D eigenvalue weighted by molar-refractivity contribution is 5.92. The zero-order chi connectivity index (χ0) is 15.0. The van der Waals surface area contributed by atoms with Crippen LogP contribution in [0.2, 0.25) is 0 Å². The minimum atomic E-state index is -0.401. The average molecular weight is 278 g/mol. The van der Waals surface area contributed by atoms with Crippen molar-refractivity contribution in [3.8, 4) is 0 Å². The Morgan fingerprint density at radius 3 is 2.70 bits per heavy atom. The van der Waals surface area contributed by atoms with E-state index < -0.39 is 6.03 Å². The summed E-state index contributed by atoms with van der Waals surface area (Å²) in [5, 5.41) is 10.9. The summed E-state index contributed by atoms with van der Waals surface area (Å²) in [6.45, 7) is 4.94. The van der Waals surface area contributed by atoms with Crippen molar-refractivity contribution in [2.45, 2.75) is 19.9 Å². The fourth-order valence-electron chi connectivity index (χ4n) is 1.73. The molecule has 0 radical (unpaired) electrons. The molecule has 1 aromatic carbocycles. The van der Waals surface area contributed by atoms with Crippen LogP contribution in [0.15, 0.2) is 24.3 Å². The Bertz CT molecular complexity index is 462. The lowest BCUT2D eigenvalue weighted by Gasteiger charge is -2.14. The van der Waals surface area contributed by atoms with Crippen molar-refractivity contribution in [3.05, 3.63) is 29.8 Å². The molecule has 0 aliphatic rings. The number of carbonyl (C=O) groups is 2. The molecule has 1 atom stereocenters. The van der Waals surface area contributed by atoms with Gasteiger partial charge in [-0.2, -0.15) is 0 Å². The number of benzene rings is 1. The van der Waals surface area contributed by atoms with Crippen LogP contribution in [0.4, 0.5) is 10.5 Å². The molecule has 6 heteroatoms. The van der Waals surface area contributed by atoms with Crippen molar-refractivity contribution in [3.63, 3.8) is 0 Å². The number of urea groups is 1. The molecule has 0 bridgehead atoms. The van der Waals surface area contributed by atoms with Gasteiger partial charge in [0.15, 0.2) is 0 Å². The summed E-state index contributed by atoms with van der Waals surface area (Å²) < 4.78 is 0. The molecule has 20 heavy (non-hydrogen) atoms. The van der Waals surface area contributed by atoms with Crippen LogP contribution in [0.25, 0.3) is 0 Å². The first-order chi connectivity index (χ1) is 9.56. The largest absolute Gasteiger partial charge is 0.358 e. The second kappa shape index (κ2) is 8.16. The van der Waals surface area contributed by atoms with Crippen molar-refractivity contribution >= 4 is 17.6 Å². The Labute approximate surface area is 119 Å². The van der Waals surface area contributed by atoms with Crippen LogP contribution in [0.5, 0.6) is 0 Å². The Morgan fingerprint density at radius 2 is 2.05 bits per heavy atom. The maximum absolute atomic E-state index is 11.6. The van der Waals surface area contributed by atoms with Gasteiger partial charge in [-0.3, -0.25) is 4.79 Å². The maximum Gasteiger partial charge on any atom is 0.319 e. The fraction of sp³-hybridized carbons (Fsp3) is 0.429. The van der Waals surface area contributed by atoms with Crippen molar-refractivity contribution in [2.24, 2.45) is 0 Å². The third-order valence-corrected chi connectivity index (χ3v) is 2.84. The zero-order valence-corrected chi connectivity index (χ0v) is 12.1. The Morgan fingerprint density at radius 1 is 1.30 bits per heavy atom. The topological polar surface area (TPSA) is 82.3 Å². The van der Waals surface area contributed by atoms with Gasteiger partial charge in [0.05, 0.1) is 6.54 Å². The Balaban J connectivity index is 2.57. The van der Waals surface area contributed by atoms with E-state index in [4.69, 9.17) is 0 Å². The molecular weight excluding hydrogens is 256 g/mol. The molecule has 1 unspecified atom stereocenters.